The fourth-order valence-electron chi connectivity index (χ4n) is 2.33. The average molecular weight is 269 g/mol. The van der Waals surface area contributed by atoms with Gasteiger partial charge < -0.3 is 9.84 Å². The number of aliphatic hydroxyl groups excluding tert-OH is 1. The van der Waals surface area contributed by atoms with Crippen LogP contribution in [-0.2, 0) is 11.3 Å². The van der Waals surface area contributed by atoms with E-state index in [9.17, 15) is 5.11 Å². The van der Waals surface area contributed by atoms with Gasteiger partial charge in [0.25, 0.3) is 0 Å². The Hall–Kier alpha value is -0.420. The summed E-state index contributed by atoms with van der Waals surface area (Å²) in [6.07, 6.45) is 3.27. The highest BCUT2D eigenvalue weighted by atomic mass is 32.1. The second-order valence-electron chi connectivity index (χ2n) is 4.97. The molecule has 102 valence electrons. The highest BCUT2D eigenvalue weighted by Gasteiger charge is 2.20. The van der Waals surface area contributed by atoms with E-state index in [4.69, 9.17) is 4.74 Å². The number of hydrogen-bond donors (Lipinski definition) is 1. The Bertz CT molecular complexity index is 323. The molecule has 4 heteroatoms. The van der Waals surface area contributed by atoms with Crippen molar-refractivity contribution >= 4 is 11.3 Å². The summed E-state index contributed by atoms with van der Waals surface area (Å²) in [5, 5.41) is 12.0. The summed E-state index contributed by atoms with van der Waals surface area (Å²) in [7, 11) is 0. The summed E-state index contributed by atoms with van der Waals surface area (Å²) in [5.41, 5.74) is 0. The lowest BCUT2D eigenvalue weighted by molar-refractivity contribution is 0.0459. The molecule has 1 aliphatic heterocycles. The highest BCUT2D eigenvalue weighted by molar-refractivity contribution is 7.09. The van der Waals surface area contributed by atoms with Gasteiger partial charge in [-0.3, -0.25) is 4.90 Å². The number of hydrogen-bond acceptors (Lipinski definition) is 4. The van der Waals surface area contributed by atoms with E-state index in [1.54, 1.807) is 11.3 Å². The standard InChI is InChI=1S/C14H23NO2S/c1-2-12(16)9-15(10-13-5-3-7-17-13)11-14-6-4-8-18-14/h4,6,8,12-13,16H,2-3,5,7,9-11H2,1H3. The molecule has 0 saturated carbocycles. The van der Waals surface area contributed by atoms with Crippen LogP contribution in [0.1, 0.15) is 31.1 Å². The lowest BCUT2D eigenvalue weighted by Crippen LogP contribution is -2.37. The molecule has 2 heterocycles. The van der Waals surface area contributed by atoms with Crippen molar-refractivity contribution in [2.45, 2.75) is 44.9 Å². The van der Waals surface area contributed by atoms with E-state index in [2.05, 4.69) is 22.4 Å². The maximum absolute atomic E-state index is 9.85. The van der Waals surface area contributed by atoms with Crippen LogP contribution in [0.15, 0.2) is 17.5 Å². The van der Waals surface area contributed by atoms with Gasteiger partial charge in [0.1, 0.15) is 0 Å². The van der Waals surface area contributed by atoms with E-state index in [1.165, 1.54) is 11.3 Å². The smallest absolute Gasteiger partial charge is 0.0703 e. The lowest BCUT2D eigenvalue weighted by Gasteiger charge is -2.26. The molecule has 18 heavy (non-hydrogen) atoms. The molecule has 1 aromatic rings. The molecule has 1 aromatic heterocycles. The average Bonchev–Trinajstić information content (AvgIpc) is 3.02. The summed E-state index contributed by atoms with van der Waals surface area (Å²) in [4.78, 5) is 3.69. The van der Waals surface area contributed by atoms with Crippen molar-refractivity contribution in [1.82, 2.24) is 4.90 Å². The molecule has 1 saturated heterocycles. The van der Waals surface area contributed by atoms with Crippen LogP contribution in [-0.4, -0.2) is 41.9 Å². The molecule has 0 radical (unpaired) electrons. The third-order valence-corrected chi connectivity index (χ3v) is 4.25. The summed E-state index contributed by atoms with van der Waals surface area (Å²) >= 11 is 1.78. The predicted molar refractivity (Wildman–Crippen MR) is 74.9 cm³/mol. The van der Waals surface area contributed by atoms with Crippen LogP contribution in [0.3, 0.4) is 0 Å². The molecule has 0 spiro atoms. The van der Waals surface area contributed by atoms with Gasteiger partial charge >= 0.3 is 0 Å². The molecule has 2 atom stereocenters. The van der Waals surface area contributed by atoms with Crippen LogP contribution in [0, 0.1) is 0 Å². The zero-order chi connectivity index (χ0) is 12.8. The van der Waals surface area contributed by atoms with Crippen molar-refractivity contribution in [3.8, 4) is 0 Å². The zero-order valence-corrected chi connectivity index (χ0v) is 11.9. The first-order valence-corrected chi connectivity index (χ1v) is 7.70. The van der Waals surface area contributed by atoms with Crippen molar-refractivity contribution in [2.24, 2.45) is 0 Å². The maximum Gasteiger partial charge on any atom is 0.0703 e. The van der Waals surface area contributed by atoms with Gasteiger partial charge in [0.15, 0.2) is 0 Å². The molecule has 0 amide bonds. The Labute approximate surface area is 113 Å². The minimum absolute atomic E-state index is 0.230. The first kappa shape index (κ1) is 14.0. The molecular weight excluding hydrogens is 246 g/mol. The monoisotopic (exact) mass is 269 g/mol. The van der Waals surface area contributed by atoms with Gasteiger partial charge in [-0.1, -0.05) is 13.0 Å². The normalized spacial score (nSPS) is 21.6. The van der Waals surface area contributed by atoms with Crippen molar-refractivity contribution in [2.75, 3.05) is 19.7 Å². The Morgan fingerprint density at radius 3 is 3.11 bits per heavy atom. The molecule has 1 fully saturated rings. The SMILES string of the molecule is CCC(O)CN(Cc1cccs1)CC1CCCO1. The lowest BCUT2D eigenvalue weighted by atomic mass is 10.2. The van der Waals surface area contributed by atoms with Gasteiger partial charge in [0.05, 0.1) is 12.2 Å². The Morgan fingerprint density at radius 1 is 1.61 bits per heavy atom. The largest absolute Gasteiger partial charge is 0.392 e. The van der Waals surface area contributed by atoms with E-state index >= 15 is 0 Å². The highest BCUT2D eigenvalue weighted by Crippen LogP contribution is 2.17. The van der Waals surface area contributed by atoms with E-state index in [-0.39, 0.29) is 6.10 Å². The molecule has 1 N–H and O–H groups in total. The van der Waals surface area contributed by atoms with Gasteiger partial charge in [-0.05, 0) is 30.7 Å². The molecule has 3 nitrogen and oxygen atoms in total. The van der Waals surface area contributed by atoms with E-state index < -0.39 is 0 Å². The summed E-state index contributed by atoms with van der Waals surface area (Å²) in [6.45, 7) is 5.53. The Balaban J connectivity index is 1.88. The minimum Gasteiger partial charge on any atom is -0.392 e. The summed E-state index contributed by atoms with van der Waals surface area (Å²) in [6, 6.07) is 4.24. The second kappa shape index (κ2) is 7.24. The van der Waals surface area contributed by atoms with Crippen LogP contribution >= 0.6 is 11.3 Å². The van der Waals surface area contributed by atoms with Gasteiger partial charge in [-0.2, -0.15) is 0 Å². The third kappa shape index (κ3) is 4.35. The van der Waals surface area contributed by atoms with Crippen LogP contribution in [0.2, 0.25) is 0 Å². The fraction of sp³-hybridized carbons (Fsp3) is 0.714. The van der Waals surface area contributed by atoms with Gasteiger partial charge in [0, 0.05) is 31.1 Å². The number of thiophene rings is 1. The molecule has 0 aliphatic carbocycles. The molecule has 2 rings (SSSR count). The maximum atomic E-state index is 9.85. The van der Waals surface area contributed by atoms with Crippen molar-refractivity contribution in [3.63, 3.8) is 0 Å². The van der Waals surface area contributed by atoms with Gasteiger partial charge in [-0.15, -0.1) is 11.3 Å². The number of rotatable bonds is 7. The summed E-state index contributed by atoms with van der Waals surface area (Å²) < 4.78 is 5.70. The van der Waals surface area contributed by atoms with Gasteiger partial charge in [0.2, 0.25) is 0 Å². The van der Waals surface area contributed by atoms with Crippen molar-refractivity contribution < 1.29 is 9.84 Å². The molecule has 2 unspecified atom stereocenters. The zero-order valence-electron chi connectivity index (χ0n) is 11.0. The molecular formula is C14H23NO2S. The van der Waals surface area contributed by atoms with E-state index in [1.807, 2.05) is 6.92 Å². The van der Waals surface area contributed by atoms with Gasteiger partial charge in [-0.25, -0.2) is 0 Å². The second-order valence-corrected chi connectivity index (χ2v) is 6.00. The van der Waals surface area contributed by atoms with E-state index in [0.29, 0.717) is 6.10 Å². The molecule has 0 aromatic carbocycles. The predicted octanol–water partition coefficient (Wildman–Crippen LogP) is 2.50. The Morgan fingerprint density at radius 2 is 2.50 bits per heavy atom. The first-order valence-electron chi connectivity index (χ1n) is 6.82. The first-order chi connectivity index (χ1) is 8.78. The van der Waals surface area contributed by atoms with Crippen LogP contribution in [0.25, 0.3) is 0 Å². The quantitative estimate of drug-likeness (QED) is 0.825. The molecule has 1 aliphatic rings. The van der Waals surface area contributed by atoms with Crippen molar-refractivity contribution in [1.29, 1.82) is 0 Å². The fourth-order valence-corrected chi connectivity index (χ4v) is 3.08. The topological polar surface area (TPSA) is 32.7 Å². The summed E-state index contributed by atoms with van der Waals surface area (Å²) in [5.74, 6) is 0. The molecule has 0 bridgehead atoms. The number of aliphatic hydroxyl groups is 1. The van der Waals surface area contributed by atoms with Crippen LogP contribution in [0.4, 0.5) is 0 Å². The minimum atomic E-state index is -0.230. The van der Waals surface area contributed by atoms with Crippen molar-refractivity contribution in [3.05, 3.63) is 22.4 Å². The van der Waals surface area contributed by atoms with Crippen LogP contribution < -0.4 is 0 Å². The third-order valence-electron chi connectivity index (χ3n) is 3.39. The van der Waals surface area contributed by atoms with E-state index in [0.717, 1.165) is 39.1 Å². The number of nitrogens with zero attached hydrogens (tertiary/aromatic N) is 1. The van der Waals surface area contributed by atoms with Crippen LogP contribution in [0.5, 0.6) is 0 Å². The Kier molecular flexibility index (Phi) is 5.63. The number of ether oxygens (including phenoxy) is 1.